The number of H-pyrrole nitrogens is 1. The summed E-state index contributed by atoms with van der Waals surface area (Å²) < 4.78 is 0. The zero-order chi connectivity index (χ0) is 18.4. The molecule has 0 aliphatic heterocycles. The maximum absolute atomic E-state index is 12.0. The molecule has 0 unspecified atom stereocenters. The summed E-state index contributed by atoms with van der Waals surface area (Å²) in [5, 5.41) is 7.38. The lowest BCUT2D eigenvalue weighted by atomic mass is 10.1. The van der Waals surface area contributed by atoms with E-state index >= 15 is 0 Å². The fourth-order valence-electron chi connectivity index (χ4n) is 2.93. The van der Waals surface area contributed by atoms with E-state index in [1.807, 2.05) is 18.3 Å². The molecule has 0 saturated heterocycles. The number of aromatic nitrogens is 1. The average Bonchev–Trinajstić information content (AvgIpc) is 3.05. The fraction of sp³-hybridized carbons (Fsp3) is 0.238. The van der Waals surface area contributed by atoms with E-state index in [2.05, 4.69) is 27.8 Å². The quantitative estimate of drug-likeness (QED) is 0.430. The molecule has 0 spiro atoms. The number of anilines is 1. The molecule has 0 atom stereocenters. The Labute approximate surface area is 152 Å². The van der Waals surface area contributed by atoms with Crippen molar-refractivity contribution in [3.8, 4) is 0 Å². The lowest BCUT2D eigenvalue weighted by molar-refractivity contribution is -0.116. The number of benzene rings is 2. The largest absolute Gasteiger partial charge is 0.361 e. The van der Waals surface area contributed by atoms with Crippen molar-refractivity contribution >= 4 is 28.3 Å². The Balaban J connectivity index is 1.40. The van der Waals surface area contributed by atoms with Gasteiger partial charge in [-0.15, -0.1) is 0 Å². The summed E-state index contributed by atoms with van der Waals surface area (Å²) in [4.78, 5) is 26.7. The van der Waals surface area contributed by atoms with Crippen LogP contribution in [0.15, 0.2) is 54.7 Å². The second kappa shape index (κ2) is 8.45. The monoisotopic (exact) mass is 349 g/mol. The van der Waals surface area contributed by atoms with Gasteiger partial charge in [0.15, 0.2) is 5.78 Å². The Morgan fingerprint density at radius 2 is 1.88 bits per heavy atom. The highest BCUT2D eigenvalue weighted by Crippen LogP contribution is 2.17. The van der Waals surface area contributed by atoms with Crippen LogP contribution in [-0.2, 0) is 11.2 Å². The Hall–Kier alpha value is -2.92. The van der Waals surface area contributed by atoms with Crippen molar-refractivity contribution in [2.24, 2.45) is 0 Å². The number of carbonyl (C=O) groups excluding carboxylic acids is 2. The third kappa shape index (κ3) is 4.58. The number of para-hydroxylation sites is 1. The highest BCUT2D eigenvalue weighted by atomic mass is 16.1. The molecule has 0 fully saturated rings. The molecular weight excluding hydrogens is 326 g/mol. The predicted octanol–water partition coefficient (Wildman–Crippen LogP) is 3.53. The van der Waals surface area contributed by atoms with E-state index in [1.54, 1.807) is 24.3 Å². The van der Waals surface area contributed by atoms with E-state index in [1.165, 1.54) is 17.9 Å². The molecule has 1 aromatic heterocycles. The van der Waals surface area contributed by atoms with Crippen LogP contribution in [0.5, 0.6) is 0 Å². The highest BCUT2D eigenvalue weighted by molar-refractivity contribution is 5.97. The zero-order valence-electron chi connectivity index (χ0n) is 14.8. The molecule has 0 aliphatic carbocycles. The Morgan fingerprint density at radius 1 is 1.04 bits per heavy atom. The molecule has 5 nitrogen and oxygen atoms in total. The molecule has 1 heterocycles. The summed E-state index contributed by atoms with van der Waals surface area (Å²) in [5.74, 6) is -0.0784. The topological polar surface area (TPSA) is 74.0 Å². The maximum Gasteiger partial charge on any atom is 0.225 e. The lowest BCUT2D eigenvalue weighted by Crippen LogP contribution is -2.23. The molecular formula is C21H23N3O2. The van der Waals surface area contributed by atoms with Crippen molar-refractivity contribution in [2.75, 3.05) is 18.4 Å². The second-order valence-corrected chi connectivity index (χ2v) is 6.29. The molecule has 26 heavy (non-hydrogen) atoms. The Kier molecular flexibility index (Phi) is 5.81. The molecule has 3 rings (SSSR count). The third-order valence-electron chi connectivity index (χ3n) is 4.33. The molecule has 5 heteroatoms. The predicted molar refractivity (Wildman–Crippen MR) is 105 cm³/mol. The molecule has 3 aromatic rings. The lowest BCUT2D eigenvalue weighted by Gasteiger charge is -2.07. The first kappa shape index (κ1) is 17.9. The van der Waals surface area contributed by atoms with Crippen LogP contribution >= 0.6 is 0 Å². The number of hydrogen-bond acceptors (Lipinski definition) is 3. The van der Waals surface area contributed by atoms with Crippen LogP contribution in [0.1, 0.15) is 29.3 Å². The smallest absolute Gasteiger partial charge is 0.225 e. The maximum atomic E-state index is 12.0. The van der Waals surface area contributed by atoms with Gasteiger partial charge < -0.3 is 15.6 Å². The number of ketones is 1. The summed E-state index contributed by atoms with van der Waals surface area (Å²) >= 11 is 0. The highest BCUT2D eigenvalue weighted by Gasteiger charge is 2.05. The van der Waals surface area contributed by atoms with Gasteiger partial charge in [-0.2, -0.15) is 0 Å². The van der Waals surface area contributed by atoms with E-state index < -0.39 is 0 Å². The van der Waals surface area contributed by atoms with E-state index in [0.717, 1.165) is 18.5 Å². The van der Waals surface area contributed by atoms with E-state index in [0.29, 0.717) is 24.2 Å². The fourth-order valence-corrected chi connectivity index (χ4v) is 2.93. The second-order valence-electron chi connectivity index (χ2n) is 6.29. The number of fused-ring (bicyclic) bond motifs is 1. The van der Waals surface area contributed by atoms with Gasteiger partial charge >= 0.3 is 0 Å². The van der Waals surface area contributed by atoms with Crippen molar-refractivity contribution in [1.82, 2.24) is 10.3 Å². The van der Waals surface area contributed by atoms with Gasteiger partial charge in [0.2, 0.25) is 5.91 Å². The number of carbonyl (C=O) groups is 2. The minimum absolute atomic E-state index is 0.0138. The summed E-state index contributed by atoms with van der Waals surface area (Å²) in [6.45, 7) is 2.94. The number of aromatic amines is 1. The zero-order valence-corrected chi connectivity index (χ0v) is 14.8. The normalized spacial score (nSPS) is 10.8. The summed E-state index contributed by atoms with van der Waals surface area (Å²) in [5.41, 5.74) is 3.68. The average molecular weight is 349 g/mol. The third-order valence-corrected chi connectivity index (χ3v) is 4.33. The van der Waals surface area contributed by atoms with Crippen LogP contribution in [0.3, 0.4) is 0 Å². The van der Waals surface area contributed by atoms with E-state index in [-0.39, 0.29) is 11.7 Å². The van der Waals surface area contributed by atoms with Crippen molar-refractivity contribution in [3.63, 3.8) is 0 Å². The van der Waals surface area contributed by atoms with Crippen LogP contribution in [0, 0.1) is 0 Å². The first-order chi connectivity index (χ1) is 12.6. The molecule has 3 N–H and O–H groups in total. The standard InChI is InChI=1S/C21H23N3O2/c1-15(25)16-5-4-6-18(13-16)24-21(26)10-12-22-11-9-17-14-23-20-8-3-2-7-19(17)20/h2-8,13-14,22-23H,9-12H2,1H3,(H,24,26). The van der Waals surface area contributed by atoms with Crippen molar-refractivity contribution < 1.29 is 9.59 Å². The van der Waals surface area contributed by atoms with Crippen LogP contribution in [0.2, 0.25) is 0 Å². The number of hydrogen-bond donors (Lipinski definition) is 3. The Bertz CT molecular complexity index is 914. The van der Waals surface area contributed by atoms with Gasteiger partial charge in [0.25, 0.3) is 0 Å². The molecule has 0 saturated carbocycles. The van der Waals surface area contributed by atoms with Crippen LogP contribution in [-0.4, -0.2) is 29.8 Å². The molecule has 1 amide bonds. The van der Waals surface area contributed by atoms with Crippen molar-refractivity contribution in [3.05, 3.63) is 65.9 Å². The number of nitrogens with one attached hydrogen (secondary N) is 3. The summed E-state index contributed by atoms with van der Waals surface area (Å²) in [7, 11) is 0. The van der Waals surface area contributed by atoms with Crippen LogP contribution in [0.25, 0.3) is 10.9 Å². The minimum atomic E-state index is -0.0645. The molecule has 2 aromatic carbocycles. The van der Waals surface area contributed by atoms with Crippen molar-refractivity contribution in [2.45, 2.75) is 19.8 Å². The summed E-state index contributed by atoms with van der Waals surface area (Å²) in [6.07, 6.45) is 3.34. The van der Waals surface area contributed by atoms with Gasteiger partial charge in [-0.25, -0.2) is 0 Å². The minimum Gasteiger partial charge on any atom is -0.361 e. The van der Waals surface area contributed by atoms with Crippen molar-refractivity contribution in [1.29, 1.82) is 0 Å². The van der Waals surface area contributed by atoms with Gasteiger partial charge in [-0.3, -0.25) is 9.59 Å². The number of Topliss-reactive ketones (excluding diaryl/α,β-unsaturated/α-hetero) is 1. The first-order valence-electron chi connectivity index (χ1n) is 8.80. The Morgan fingerprint density at radius 3 is 2.73 bits per heavy atom. The summed E-state index contributed by atoms with van der Waals surface area (Å²) in [6, 6.07) is 15.2. The SMILES string of the molecule is CC(=O)c1cccc(NC(=O)CCNCCc2c[nH]c3ccccc23)c1. The number of amides is 1. The molecule has 134 valence electrons. The van der Waals surface area contributed by atoms with Gasteiger partial charge in [0, 0.05) is 41.3 Å². The first-order valence-corrected chi connectivity index (χ1v) is 8.80. The van der Waals surface area contributed by atoms with Gasteiger partial charge in [-0.1, -0.05) is 30.3 Å². The van der Waals surface area contributed by atoms with E-state index in [4.69, 9.17) is 0 Å². The van der Waals surface area contributed by atoms with Gasteiger partial charge in [-0.05, 0) is 43.7 Å². The van der Waals surface area contributed by atoms with Gasteiger partial charge in [0.1, 0.15) is 0 Å². The van der Waals surface area contributed by atoms with Crippen LogP contribution in [0.4, 0.5) is 5.69 Å². The molecule has 0 bridgehead atoms. The number of rotatable bonds is 8. The van der Waals surface area contributed by atoms with E-state index in [9.17, 15) is 9.59 Å². The van der Waals surface area contributed by atoms with Gasteiger partial charge in [0.05, 0.1) is 0 Å². The van der Waals surface area contributed by atoms with Crippen LogP contribution < -0.4 is 10.6 Å². The molecule has 0 aliphatic rings. The molecule has 0 radical (unpaired) electrons.